The first kappa shape index (κ1) is 16.5. The fourth-order valence-electron chi connectivity index (χ4n) is 2.19. The van der Waals surface area contributed by atoms with Crippen LogP contribution >= 0.6 is 0 Å². The van der Waals surface area contributed by atoms with Crippen LogP contribution in [0.3, 0.4) is 0 Å². The summed E-state index contributed by atoms with van der Waals surface area (Å²) in [5.41, 5.74) is 1.65. The van der Waals surface area contributed by atoms with Gasteiger partial charge in [-0.15, -0.1) is 0 Å². The summed E-state index contributed by atoms with van der Waals surface area (Å²) in [6, 6.07) is 4.95. The van der Waals surface area contributed by atoms with Crippen molar-refractivity contribution in [1.29, 1.82) is 0 Å². The lowest BCUT2D eigenvalue weighted by molar-refractivity contribution is 0.0956. The summed E-state index contributed by atoms with van der Waals surface area (Å²) < 4.78 is 28.9. The number of sulfone groups is 1. The normalized spacial score (nSPS) is 12.0. The van der Waals surface area contributed by atoms with Crippen molar-refractivity contribution in [2.75, 3.05) is 18.1 Å². The van der Waals surface area contributed by atoms with E-state index in [9.17, 15) is 13.2 Å². The van der Waals surface area contributed by atoms with Crippen molar-refractivity contribution >= 4 is 26.8 Å². The summed E-state index contributed by atoms with van der Waals surface area (Å²) in [7, 11) is -3.13. The van der Waals surface area contributed by atoms with E-state index in [4.69, 9.17) is 4.42 Å². The van der Waals surface area contributed by atoms with Crippen LogP contribution in [0.15, 0.2) is 22.6 Å². The first-order valence-corrected chi connectivity index (χ1v) is 8.95. The van der Waals surface area contributed by atoms with Crippen molar-refractivity contribution in [2.24, 2.45) is 5.92 Å². The minimum Gasteiger partial charge on any atom is -0.441 e. The first-order valence-electron chi connectivity index (χ1n) is 7.12. The Morgan fingerprint density at radius 2 is 2.09 bits per heavy atom. The van der Waals surface area contributed by atoms with E-state index in [0.29, 0.717) is 22.6 Å². The molecule has 2 aromatic rings. The van der Waals surface area contributed by atoms with Crippen LogP contribution in [0.5, 0.6) is 0 Å². The largest absolute Gasteiger partial charge is 0.441 e. The molecule has 1 amide bonds. The number of rotatable bonds is 6. The summed E-state index contributed by atoms with van der Waals surface area (Å²) in [6.45, 7) is 5.54. The number of aryl methyl sites for hydroxylation is 1. The van der Waals surface area contributed by atoms with Crippen molar-refractivity contribution in [3.8, 4) is 0 Å². The van der Waals surface area contributed by atoms with Crippen LogP contribution in [0, 0.1) is 12.8 Å². The second-order valence-electron chi connectivity index (χ2n) is 5.68. The Bertz CT molecular complexity index is 778. The number of nitrogens with zero attached hydrogens (tertiary/aromatic N) is 1. The van der Waals surface area contributed by atoms with Gasteiger partial charge < -0.3 is 9.73 Å². The smallest absolute Gasteiger partial charge is 0.251 e. The highest BCUT2D eigenvalue weighted by Crippen LogP contribution is 2.16. The Morgan fingerprint density at radius 3 is 2.77 bits per heavy atom. The van der Waals surface area contributed by atoms with E-state index in [1.165, 1.54) is 0 Å². The van der Waals surface area contributed by atoms with Gasteiger partial charge in [-0.2, -0.15) is 0 Å². The number of benzene rings is 1. The van der Waals surface area contributed by atoms with Crippen LogP contribution < -0.4 is 5.32 Å². The maximum absolute atomic E-state index is 12.0. The van der Waals surface area contributed by atoms with Crippen molar-refractivity contribution in [3.05, 3.63) is 29.7 Å². The first-order chi connectivity index (χ1) is 10.3. The minimum absolute atomic E-state index is 0.0550. The number of amides is 1. The molecule has 0 atom stereocenters. The molecule has 22 heavy (non-hydrogen) atoms. The summed E-state index contributed by atoms with van der Waals surface area (Å²) in [4.78, 5) is 16.2. The predicted octanol–water partition coefficient (Wildman–Crippen LogP) is 1.94. The zero-order chi connectivity index (χ0) is 16.3. The van der Waals surface area contributed by atoms with Crippen LogP contribution in [-0.4, -0.2) is 37.4 Å². The highest BCUT2D eigenvalue weighted by molar-refractivity contribution is 7.91. The van der Waals surface area contributed by atoms with E-state index < -0.39 is 9.84 Å². The topological polar surface area (TPSA) is 89.3 Å². The quantitative estimate of drug-likeness (QED) is 0.877. The van der Waals surface area contributed by atoms with Crippen LogP contribution in [-0.2, 0) is 9.84 Å². The van der Waals surface area contributed by atoms with Crippen LogP contribution in [0.2, 0.25) is 0 Å². The molecule has 0 unspecified atom stereocenters. The van der Waals surface area contributed by atoms with Gasteiger partial charge in [-0.3, -0.25) is 4.79 Å². The van der Waals surface area contributed by atoms with E-state index in [1.54, 1.807) is 25.1 Å². The molecule has 0 spiro atoms. The van der Waals surface area contributed by atoms with Gasteiger partial charge in [-0.25, -0.2) is 13.4 Å². The molecule has 0 saturated heterocycles. The zero-order valence-electron chi connectivity index (χ0n) is 12.9. The van der Waals surface area contributed by atoms with Crippen molar-refractivity contribution < 1.29 is 17.6 Å². The summed E-state index contributed by atoms with van der Waals surface area (Å²) >= 11 is 0. The van der Waals surface area contributed by atoms with Gasteiger partial charge in [0.1, 0.15) is 5.52 Å². The van der Waals surface area contributed by atoms with Crippen LogP contribution in [0.1, 0.15) is 30.1 Å². The molecule has 1 N–H and O–H groups in total. The van der Waals surface area contributed by atoms with Crippen LogP contribution in [0.25, 0.3) is 11.1 Å². The Labute approximate surface area is 129 Å². The third-order valence-electron chi connectivity index (χ3n) is 3.04. The SMILES string of the molecule is Cc1nc2ccc(C(=O)NCCS(=O)(=O)CC(C)C)cc2o1. The number of carbonyl (C=O) groups excluding carboxylic acids is 1. The second-order valence-corrected chi connectivity index (χ2v) is 7.91. The van der Waals surface area contributed by atoms with Gasteiger partial charge in [-0.1, -0.05) is 13.8 Å². The Kier molecular flexibility index (Phi) is 4.85. The highest BCUT2D eigenvalue weighted by atomic mass is 32.2. The molecule has 0 aliphatic heterocycles. The van der Waals surface area contributed by atoms with Crippen molar-refractivity contribution in [1.82, 2.24) is 10.3 Å². The van der Waals surface area contributed by atoms with Crippen molar-refractivity contribution in [2.45, 2.75) is 20.8 Å². The predicted molar refractivity (Wildman–Crippen MR) is 84.6 cm³/mol. The molecule has 0 fully saturated rings. The van der Waals surface area contributed by atoms with Gasteiger partial charge in [0.15, 0.2) is 21.3 Å². The van der Waals surface area contributed by atoms with E-state index >= 15 is 0 Å². The van der Waals surface area contributed by atoms with Gasteiger partial charge >= 0.3 is 0 Å². The summed E-state index contributed by atoms with van der Waals surface area (Å²) in [5, 5.41) is 2.62. The number of carbonyl (C=O) groups is 1. The number of hydrogen-bond donors (Lipinski definition) is 1. The Balaban J connectivity index is 1.96. The second kappa shape index (κ2) is 6.48. The molecule has 7 heteroatoms. The fourth-order valence-corrected chi connectivity index (χ4v) is 3.79. The number of aromatic nitrogens is 1. The molecule has 1 heterocycles. The maximum atomic E-state index is 12.0. The maximum Gasteiger partial charge on any atom is 0.251 e. The lowest BCUT2D eigenvalue weighted by Gasteiger charge is -2.08. The summed E-state index contributed by atoms with van der Waals surface area (Å²) in [5.74, 6) is 0.369. The average Bonchev–Trinajstić information content (AvgIpc) is 2.75. The standard InChI is InChI=1S/C15H20N2O4S/c1-10(2)9-22(19,20)7-6-16-15(18)12-4-5-13-14(8-12)21-11(3)17-13/h4-5,8,10H,6-7,9H2,1-3H3,(H,16,18). The average molecular weight is 324 g/mol. The highest BCUT2D eigenvalue weighted by Gasteiger charge is 2.14. The Morgan fingerprint density at radius 1 is 1.36 bits per heavy atom. The molecule has 0 bridgehead atoms. The summed E-state index contributed by atoms with van der Waals surface area (Å²) in [6.07, 6.45) is 0. The monoisotopic (exact) mass is 324 g/mol. The molecule has 0 aliphatic rings. The molecular formula is C15H20N2O4S. The molecule has 6 nitrogen and oxygen atoms in total. The van der Waals surface area contributed by atoms with E-state index in [2.05, 4.69) is 10.3 Å². The molecule has 1 aromatic heterocycles. The Hall–Kier alpha value is -1.89. The lowest BCUT2D eigenvalue weighted by Crippen LogP contribution is -2.30. The molecule has 1 aromatic carbocycles. The zero-order valence-corrected chi connectivity index (χ0v) is 13.7. The van der Waals surface area contributed by atoms with E-state index in [-0.39, 0.29) is 29.9 Å². The van der Waals surface area contributed by atoms with Crippen LogP contribution in [0.4, 0.5) is 0 Å². The number of oxazole rings is 1. The third kappa shape index (κ3) is 4.30. The van der Waals surface area contributed by atoms with E-state index in [1.807, 2.05) is 13.8 Å². The van der Waals surface area contributed by atoms with Gasteiger partial charge in [0.05, 0.1) is 11.5 Å². The molecule has 2 rings (SSSR count). The van der Waals surface area contributed by atoms with Crippen molar-refractivity contribution in [3.63, 3.8) is 0 Å². The van der Waals surface area contributed by atoms with E-state index in [0.717, 1.165) is 0 Å². The number of nitrogens with one attached hydrogen (secondary N) is 1. The molecule has 0 saturated carbocycles. The number of hydrogen-bond acceptors (Lipinski definition) is 5. The molecular weight excluding hydrogens is 304 g/mol. The van der Waals surface area contributed by atoms with Gasteiger partial charge in [0.2, 0.25) is 0 Å². The van der Waals surface area contributed by atoms with Gasteiger partial charge in [0, 0.05) is 19.0 Å². The third-order valence-corrected chi connectivity index (χ3v) is 5.04. The lowest BCUT2D eigenvalue weighted by atomic mass is 10.2. The molecule has 0 radical (unpaired) electrons. The van der Waals surface area contributed by atoms with Gasteiger partial charge in [-0.05, 0) is 24.1 Å². The number of fused-ring (bicyclic) bond motifs is 1. The fraction of sp³-hybridized carbons (Fsp3) is 0.467. The molecule has 120 valence electrons. The minimum atomic E-state index is -3.13. The van der Waals surface area contributed by atoms with Gasteiger partial charge in [0.25, 0.3) is 5.91 Å². The molecule has 0 aliphatic carbocycles.